The number of rotatable bonds is 4. The van der Waals surface area contributed by atoms with E-state index in [1.165, 1.54) is 4.90 Å². The molecule has 0 spiro atoms. The number of halogens is 5. The van der Waals surface area contributed by atoms with Crippen molar-refractivity contribution in [3.05, 3.63) is 28.2 Å². The van der Waals surface area contributed by atoms with Crippen molar-refractivity contribution < 1.29 is 13.2 Å². The van der Waals surface area contributed by atoms with Gasteiger partial charge in [0, 0.05) is 22.1 Å². The fourth-order valence-corrected chi connectivity index (χ4v) is 2.55. The topological polar surface area (TPSA) is 3.24 Å². The molecule has 0 atom stereocenters. The Bertz CT molecular complexity index is 432. The highest BCUT2D eigenvalue weighted by atomic mass is 79.9. The summed E-state index contributed by atoms with van der Waals surface area (Å²) >= 11 is 9.12. The molecule has 1 saturated carbocycles. The second-order valence-corrected chi connectivity index (χ2v) is 5.56. The van der Waals surface area contributed by atoms with Crippen LogP contribution in [0.4, 0.5) is 18.9 Å². The Kier molecular flexibility index (Phi) is 4.11. The van der Waals surface area contributed by atoms with Gasteiger partial charge < -0.3 is 4.90 Å². The minimum atomic E-state index is -4.20. The molecule has 2 rings (SSSR count). The lowest BCUT2D eigenvalue weighted by atomic mass is 10.1. The van der Waals surface area contributed by atoms with Gasteiger partial charge in [0.05, 0.1) is 0 Å². The van der Waals surface area contributed by atoms with Gasteiger partial charge in [-0.05, 0) is 36.6 Å². The monoisotopic (exact) mass is 341 g/mol. The van der Waals surface area contributed by atoms with E-state index in [9.17, 15) is 13.2 Å². The summed E-state index contributed by atoms with van der Waals surface area (Å²) in [6.45, 7) is -0.914. The first-order valence-corrected chi connectivity index (χ1v) is 6.91. The van der Waals surface area contributed by atoms with Gasteiger partial charge >= 0.3 is 6.18 Å². The van der Waals surface area contributed by atoms with Crippen LogP contribution in [0.1, 0.15) is 18.4 Å². The number of anilines is 1. The molecular weight excluding hydrogens is 330 g/mol. The highest BCUT2D eigenvalue weighted by molar-refractivity contribution is 9.10. The first-order valence-electron chi connectivity index (χ1n) is 5.58. The highest BCUT2D eigenvalue weighted by Gasteiger charge is 2.38. The van der Waals surface area contributed by atoms with Crippen molar-refractivity contribution in [2.75, 3.05) is 11.4 Å². The Morgan fingerprint density at radius 2 is 2.00 bits per heavy atom. The lowest BCUT2D eigenvalue weighted by Crippen LogP contribution is -2.36. The molecule has 1 aromatic rings. The first-order chi connectivity index (χ1) is 8.40. The fourth-order valence-electron chi connectivity index (χ4n) is 1.93. The molecule has 1 aliphatic carbocycles. The average Bonchev–Trinajstić information content (AvgIpc) is 3.08. The standard InChI is InChI=1S/C12H12BrClF3N/c13-9-1-4-11(8(5-9)6-14)18(10-2-3-10)7-12(15,16)17/h1,4-5,10H,2-3,6-7H2. The zero-order valence-electron chi connectivity index (χ0n) is 9.47. The minimum absolute atomic E-state index is 0.00485. The summed E-state index contributed by atoms with van der Waals surface area (Å²) < 4.78 is 38.7. The maximum Gasteiger partial charge on any atom is 0.405 e. The molecule has 0 bridgehead atoms. The van der Waals surface area contributed by atoms with Gasteiger partial charge in [-0.15, -0.1) is 11.6 Å². The van der Waals surface area contributed by atoms with E-state index in [2.05, 4.69) is 15.9 Å². The molecular formula is C12H12BrClF3N. The molecule has 0 N–H and O–H groups in total. The summed E-state index contributed by atoms with van der Waals surface area (Å²) in [7, 11) is 0. The third kappa shape index (κ3) is 3.54. The first kappa shape index (κ1) is 14.0. The zero-order chi connectivity index (χ0) is 13.3. The number of hydrogen-bond donors (Lipinski definition) is 0. The van der Waals surface area contributed by atoms with Crippen LogP contribution in [-0.2, 0) is 5.88 Å². The maximum atomic E-state index is 12.6. The predicted octanol–water partition coefficient (Wildman–Crippen LogP) is 4.72. The molecule has 0 aromatic heterocycles. The fraction of sp³-hybridized carbons (Fsp3) is 0.500. The Balaban J connectivity index is 2.30. The van der Waals surface area contributed by atoms with Crippen LogP contribution in [0.25, 0.3) is 0 Å². The summed E-state index contributed by atoms with van der Waals surface area (Å²) in [5.41, 5.74) is 1.32. The molecule has 100 valence electrons. The Morgan fingerprint density at radius 1 is 1.33 bits per heavy atom. The molecule has 0 aliphatic heterocycles. The summed E-state index contributed by atoms with van der Waals surface area (Å²) in [6.07, 6.45) is -2.57. The summed E-state index contributed by atoms with van der Waals surface area (Å²) in [5.74, 6) is 0.204. The van der Waals surface area contributed by atoms with Gasteiger partial charge in [-0.3, -0.25) is 0 Å². The van der Waals surface area contributed by atoms with Crippen LogP contribution in [0.2, 0.25) is 0 Å². The van der Waals surface area contributed by atoms with Gasteiger partial charge in [-0.1, -0.05) is 15.9 Å². The van der Waals surface area contributed by atoms with E-state index in [4.69, 9.17) is 11.6 Å². The molecule has 18 heavy (non-hydrogen) atoms. The number of hydrogen-bond acceptors (Lipinski definition) is 1. The van der Waals surface area contributed by atoms with Crippen LogP contribution < -0.4 is 4.90 Å². The molecule has 6 heteroatoms. The van der Waals surface area contributed by atoms with Crippen molar-refractivity contribution in [1.82, 2.24) is 0 Å². The lowest BCUT2D eigenvalue weighted by Gasteiger charge is -2.27. The van der Waals surface area contributed by atoms with Crippen LogP contribution in [0.5, 0.6) is 0 Å². The second kappa shape index (κ2) is 5.29. The van der Waals surface area contributed by atoms with Gasteiger partial charge in [0.15, 0.2) is 0 Å². The SMILES string of the molecule is FC(F)(F)CN(c1ccc(Br)cc1CCl)C1CC1. The van der Waals surface area contributed by atoms with E-state index in [0.29, 0.717) is 5.69 Å². The van der Waals surface area contributed by atoms with E-state index >= 15 is 0 Å². The Morgan fingerprint density at radius 3 is 2.50 bits per heavy atom. The van der Waals surface area contributed by atoms with Crippen LogP contribution in [0, 0.1) is 0 Å². The van der Waals surface area contributed by atoms with Crippen molar-refractivity contribution in [3.63, 3.8) is 0 Å². The number of nitrogens with zero attached hydrogens (tertiary/aromatic N) is 1. The average molecular weight is 343 g/mol. The summed E-state index contributed by atoms with van der Waals surface area (Å²) in [6, 6.07) is 5.21. The molecule has 1 nitrogen and oxygen atoms in total. The van der Waals surface area contributed by atoms with Crippen LogP contribution in [0.3, 0.4) is 0 Å². The summed E-state index contributed by atoms with van der Waals surface area (Å²) in [5, 5.41) is 0. The molecule has 0 unspecified atom stereocenters. The number of alkyl halides is 4. The van der Waals surface area contributed by atoms with Crippen molar-refractivity contribution >= 4 is 33.2 Å². The van der Waals surface area contributed by atoms with E-state index in [1.54, 1.807) is 18.2 Å². The van der Waals surface area contributed by atoms with Gasteiger partial charge in [-0.25, -0.2) is 0 Å². The van der Waals surface area contributed by atoms with Gasteiger partial charge in [0.25, 0.3) is 0 Å². The maximum absolute atomic E-state index is 12.6. The molecule has 0 saturated heterocycles. The van der Waals surface area contributed by atoms with Crippen molar-refractivity contribution in [3.8, 4) is 0 Å². The van der Waals surface area contributed by atoms with Gasteiger partial charge in [-0.2, -0.15) is 13.2 Å². The largest absolute Gasteiger partial charge is 0.405 e. The van der Waals surface area contributed by atoms with E-state index in [0.717, 1.165) is 22.9 Å². The van der Waals surface area contributed by atoms with Gasteiger partial charge in [0.1, 0.15) is 6.54 Å². The third-order valence-corrected chi connectivity index (χ3v) is 3.61. The van der Waals surface area contributed by atoms with Crippen molar-refractivity contribution in [2.45, 2.75) is 30.9 Å². The Hall–Kier alpha value is -0.420. The van der Waals surface area contributed by atoms with Crippen LogP contribution in [-0.4, -0.2) is 18.8 Å². The summed E-state index contributed by atoms with van der Waals surface area (Å²) in [4.78, 5) is 1.42. The molecule has 1 aromatic carbocycles. The number of benzene rings is 1. The predicted molar refractivity (Wildman–Crippen MR) is 70.1 cm³/mol. The second-order valence-electron chi connectivity index (χ2n) is 4.38. The smallest absolute Gasteiger partial charge is 0.359 e. The quantitative estimate of drug-likeness (QED) is 0.716. The van der Waals surface area contributed by atoms with E-state index < -0.39 is 12.7 Å². The van der Waals surface area contributed by atoms with E-state index in [-0.39, 0.29) is 11.9 Å². The molecule has 0 radical (unpaired) electrons. The lowest BCUT2D eigenvalue weighted by molar-refractivity contribution is -0.120. The molecule has 0 heterocycles. The zero-order valence-corrected chi connectivity index (χ0v) is 11.8. The van der Waals surface area contributed by atoms with E-state index in [1.807, 2.05) is 0 Å². The molecule has 1 aliphatic rings. The third-order valence-electron chi connectivity index (χ3n) is 2.83. The minimum Gasteiger partial charge on any atom is -0.359 e. The normalized spacial score (nSPS) is 15.8. The molecule has 0 amide bonds. The van der Waals surface area contributed by atoms with Crippen LogP contribution >= 0.6 is 27.5 Å². The van der Waals surface area contributed by atoms with Crippen molar-refractivity contribution in [2.24, 2.45) is 0 Å². The highest BCUT2D eigenvalue weighted by Crippen LogP contribution is 2.37. The van der Waals surface area contributed by atoms with Crippen molar-refractivity contribution in [1.29, 1.82) is 0 Å². The Labute approximate surface area is 117 Å². The van der Waals surface area contributed by atoms with Gasteiger partial charge in [0.2, 0.25) is 0 Å². The molecule has 1 fully saturated rings. The van der Waals surface area contributed by atoms with Crippen LogP contribution in [0.15, 0.2) is 22.7 Å².